The Morgan fingerprint density at radius 2 is 2.09 bits per heavy atom. The summed E-state index contributed by atoms with van der Waals surface area (Å²) < 4.78 is 0. The number of likely N-dealkylation sites (tertiary alicyclic amines) is 1. The zero-order valence-corrected chi connectivity index (χ0v) is 13.9. The molecule has 128 valence electrons. The maximum absolute atomic E-state index is 12.1. The molecule has 1 aromatic heterocycles. The van der Waals surface area contributed by atoms with Crippen LogP contribution in [0, 0.1) is 0 Å². The molecule has 0 radical (unpaired) electrons. The number of carbonyl (C=O) groups excluding carboxylic acids is 1. The Balaban J connectivity index is 2.13. The highest BCUT2D eigenvalue weighted by molar-refractivity contribution is 5.81. The van der Waals surface area contributed by atoms with Crippen molar-refractivity contribution < 1.29 is 15.0 Å². The molecular formula is C17H27N3O3. The predicted molar refractivity (Wildman–Crippen MR) is 87.9 cm³/mol. The average Bonchev–Trinajstić information content (AvgIpc) is 2.55. The molecule has 3 N–H and O–H groups in total. The van der Waals surface area contributed by atoms with Crippen LogP contribution in [-0.4, -0.2) is 63.4 Å². The number of hydrogen-bond acceptors (Lipinski definition) is 5. The molecule has 1 unspecified atom stereocenters. The van der Waals surface area contributed by atoms with Crippen molar-refractivity contribution in [1.82, 2.24) is 15.2 Å². The first-order chi connectivity index (χ1) is 11.0. The lowest BCUT2D eigenvalue weighted by atomic mass is 9.82. The van der Waals surface area contributed by atoms with E-state index < -0.39 is 24.2 Å². The number of rotatable bonds is 6. The monoisotopic (exact) mass is 321 g/mol. The number of piperidine rings is 1. The topological polar surface area (TPSA) is 85.7 Å². The number of nitrogens with one attached hydrogen (secondary N) is 1. The summed E-state index contributed by atoms with van der Waals surface area (Å²) in [6, 6.07) is 6.22. The maximum atomic E-state index is 12.1. The molecule has 1 atom stereocenters. The summed E-state index contributed by atoms with van der Waals surface area (Å²) in [5.41, 5.74) is 0.497. The third kappa shape index (κ3) is 4.73. The number of carbonyl (C=O) groups is 1. The van der Waals surface area contributed by atoms with Crippen LogP contribution in [0.5, 0.6) is 0 Å². The molecule has 0 spiro atoms. The molecular weight excluding hydrogens is 294 g/mol. The number of aliphatic hydroxyl groups is 2. The molecule has 0 aliphatic carbocycles. The zero-order chi connectivity index (χ0) is 16.9. The standard InChI is InChI=1S/C17H27N3O3/c1-13(2)20-9-6-17(7-10-20,19-16(23)15(22)12-21)11-14-5-3-4-8-18-14/h3-5,8,13,15,21-22H,6-7,9-12H2,1-2H3,(H,19,23). The predicted octanol–water partition coefficient (Wildman–Crippen LogP) is 0.336. The van der Waals surface area contributed by atoms with Gasteiger partial charge in [0.15, 0.2) is 6.10 Å². The Hall–Kier alpha value is -1.50. The van der Waals surface area contributed by atoms with Gasteiger partial charge in [0.1, 0.15) is 0 Å². The van der Waals surface area contributed by atoms with Crippen molar-refractivity contribution in [2.75, 3.05) is 19.7 Å². The van der Waals surface area contributed by atoms with Crippen LogP contribution in [0.3, 0.4) is 0 Å². The van der Waals surface area contributed by atoms with E-state index in [1.165, 1.54) is 0 Å². The van der Waals surface area contributed by atoms with Gasteiger partial charge in [0.05, 0.1) is 6.61 Å². The third-order valence-electron chi connectivity index (χ3n) is 4.60. The van der Waals surface area contributed by atoms with Gasteiger partial charge in [-0.2, -0.15) is 0 Å². The smallest absolute Gasteiger partial charge is 0.251 e. The molecule has 1 fully saturated rings. The number of amides is 1. The number of aliphatic hydroxyl groups excluding tert-OH is 2. The van der Waals surface area contributed by atoms with Gasteiger partial charge in [0, 0.05) is 43.0 Å². The van der Waals surface area contributed by atoms with E-state index in [9.17, 15) is 9.90 Å². The van der Waals surface area contributed by atoms with Crippen molar-refractivity contribution in [2.45, 2.75) is 50.8 Å². The van der Waals surface area contributed by atoms with Gasteiger partial charge >= 0.3 is 0 Å². The molecule has 0 saturated carbocycles. The summed E-state index contributed by atoms with van der Waals surface area (Å²) in [6.45, 7) is 5.54. The van der Waals surface area contributed by atoms with Gasteiger partial charge < -0.3 is 20.4 Å². The van der Waals surface area contributed by atoms with Gasteiger partial charge in [0.2, 0.25) is 0 Å². The molecule has 1 saturated heterocycles. The Morgan fingerprint density at radius 1 is 1.39 bits per heavy atom. The highest BCUT2D eigenvalue weighted by Crippen LogP contribution is 2.27. The normalized spacial score (nSPS) is 19.5. The quantitative estimate of drug-likeness (QED) is 0.703. The van der Waals surface area contributed by atoms with E-state index in [2.05, 4.69) is 29.0 Å². The fourth-order valence-corrected chi connectivity index (χ4v) is 3.09. The molecule has 6 nitrogen and oxygen atoms in total. The van der Waals surface area contributed by atoms with Gasteiger partial charge in [-0.1, -0.05) is 6.07 Å². The highest BCUT2D eigenvalue weighted by atomic mass is 16.3. The summed E-state index contributed by atoms with van der Waals surface area (Å²) in [5, 5.41) is 21.6. The molecule has 0 bridgehead atoms. The number of hydrogen-bond donors (Lipinski definition) is 3. The number of aromatic nitrogens is 1. The van der Waals surface area contributed by atoms with Crippen molar-refractivity contribution in [3.8, 4) is 0 Å². The lowest BCUT2D eigenvalue weighted by Gasteiger charge is -2.44. The Bertz CT molecular complexity index is 499. The second kappa shape index (κ2) is 7.86. The van der Waals surface area contributed by atoms with Crippen LogP contribution >= 0.6 is 0 Å². The van der Waals surface area contributed by atoms with Crippen LogP contribution < -0.4 is 5.32 Å². The lowest BCUT2D eigenvalue weighted by molar-refractivity contribution is -0.134. The van der Waals surface area contributed by atoms with E-state index in [0.717, 1.165) is 31.6 Å². The number of nitrogens with zero attached hydrogens (tertiary/aromatic N) is 2. The Kier molecular flexibility index (Phi) is 6.10. The fraction of sp³-hybridized carbons (Fsp3) is 0.647. The van der Waals surface area contributed by atoms with Crippen LogP contribution in [0.2, 0.25) is 0 Å². The van der Waals surface area contributed by atoms with E-state index in [1.807, 2.05) is 18.2 Å². The Morgan fingerprint density at radius 3 is 2.61 bits per heavy atom. The molecule has 6 heteroatoms. The van der Waals surface area contributed by atoms with E-state index >= 15 is 0 Å². The summed E-state index contributed by atoms with van der Waals surface area (Å²) in [6.07, 6.45) is 2.59. The van der Waals surface area contributed by atoms with Gasteiger partial charge in [-0.15, -0.1) is 0 Å². The first kappa shape index (κ1) is 17.8. The zero-order valence-electron chi connectivity index (χ0n) is 13.9. The van der Waals surface area contributed by atoms with E-state index in [-0.39, 0.29) is 0 Å². The van der Waals surface area contributed by atoms with Crippen molar-refractivity contribution in [1.29, 1.82) is 0 Å². The Labute approximate surface area is 137 Å². The summed E-state index contributed by atoms with van der Waals surface area (Å²) in [4.78, 5) is 18.8. The molecule has 1 aliphatic rings. The minimum absolute atomic E-state index is 0.424. The van der Waals surface area contributed by atoms with Crippen molar-refractivity contribution in [3.63, 3.8) is 0 Å². The first-order valence-electron chi connectivity index (χ1n) is 8.21. The van der Waals surface area contributed by atoms with Crippen LogP contribution in [0.15, 0.2) is 24.4 Å². The second-order valence-electron chi connectivity index (χ2n) is 6.60. The lowest BCUT2D eigenvalue weighted by Crippen LogP contribution is -2.59. The van der Waals surface area contributed by atoms with Crippen LogP contribution in [-0.2, 0) is 11.2 Å². The van der Waals surface area contributed by atoms with Crippen LogP contribution in [0.4, 0.5) is 0 Å². The van der Waals surface area contributed by atoms with Crippen molar-refractivity contribution in [3.05, 3.63) is 30.1 Å². The van der Waals surface area contributed by atoms with E-state index in [0.29, 0.717) is 12.5 Å². The van der Waals surface area contributed by atoms with Gasteiger partial charge in [0.25, 0.3) is 5.91 Å². The van der Waals surface area contributed by atoms with Crippen LogP contribution in [0.1, 0.15) is 32.4 Å². The minimum atomic E-state index is -1.38. The average molecular weight is 321 g/mol. The maximum Gasteiger partial charge on any atom is 0.251 e. The summed E-state index contributed by atoms with van der Waals surface area (Å²) in [7, 11) is 0. The molecule has 2 heterocycles. The van der Waals surface area contributed by atoms with E-state index in [4.69, 9.17) is 5.11 Å². The molecule has 2 rings (SSSR count). The van der Waals surface area contributed by atoms with Gasteiger partial charge in [-0.05, 0) is 38.8 Å². The second-order valence-corrected chi connectivity index (χ2v) is 6.60. The number of pyridine rings is 1. The molecule has 1 amide bonds. The molecule has 23 heavy (non-hydrogen) atoms. The van der Waals surface area contributed by atoms with Crippen molar-refractivity contribution in [2.24, 2.45) is 0 Å². The van der Waals surface area contributed by atoms with Gasteiger partial charge in [-0.25, -0.2) is 0 Å². The highest BCUT2D eigenvalue weighted by Gasteiger charge is 2.38. The summed E-state index contributed by atoms with van der Waals surface area (Å²) in [5.74, 6) is -0.513. The fourth-order valence-electron chi connectivity index (χ4n) is 3.09. The molecule has 1 aliphatic heterocycles. The van der Waals surface area contributed by atoms with Crippen LogP contribution in [0.25, 0.3) is 0 Å². The first-order valence-corrected chi connectivity index (χ1v) is 8.21. The molecule has 1 aromatic rings. The largest absolute Gasteiger partial charge is 0.393 e. The SMILES string of the molecule is CC(C)N1CCC(Cc2ccccn2)(NC(=O)C(O)CO)CC1. The van der Waals surface area contributed by atoms with Crippen molar-refractivity contribution >= 4 is 5.91 Å². The minimum Gasteiger partial charge on any atom is -0.393 e. The van der Waals surface area contributed by atoms with Gasteiger partial charge in [-0.3, -0.25) is 9.78 Å². The molecule has 0 aromatic carbocycles. The third-order valence-corrected chi connectivity index (χ3v) is 4.60. The van der Waals surface area contributed by atoms with E-state index in [1.54, 1.807) is 6.20 Å². The summed E-state index contributed by atoms with van der Waals surface area (Å²) >= 11 is 0.